The molecule has 1 aromatic carbocycles. The number of aliphatic hydroxyl groups excluding tert-OH is 2. The monoisotopic (exact) mass is 354 g/mol. The molecule has 3 atom stereocenters. The van der Waals surface area contributed by atoms with Gasteiger partial charge in [-0.05, 0) is 17.5 Å². The van der Waals surface area contributed by atoms with Crippen molar-refractivity contribution in [2.24, 2.45) is 0 Å². The number of rotatable bonds is 4. The maximum absolute atomic E-state index is 10.4. The van der Waals surface area contributed by atoms with Crippen molar-refractivity contribution in [3.63, 3.8) is 0 Å². The highest BCUT2D eigenvalue weighted by Gasteiger charge is 2.36. The largest absolute Gasteiger partial charge is 0.394 e. The minimum Gasteiger partial charge on any atom is -0.394 e. The van der Waals surface area contributed by atoms with Gasteiger partial charge in [0.05, 0.1) is 18.1 Å². The third-order valence-electron chi connectivity index (χ3n) is 4.96. The predicted octanol–water partition coefficient (Wildman–Crippen LogP) is 1.88. The van der Waals surface area contributed by atoms with Crippen LogP contribution in [0.15, 0.2) is 36.8 Å². The van der Waals surface area contributed by atoms with Crippen LogP contribution in [0.1, 0.15) is 25.1 Å². The van der Waals surface area contributed by atoms with Crippen LogP contribution >= 0.6 is 0 Å². The van der Waals surface area contributed by atoms with Crippen LogP contribution in [0.3, 0.4) is 0 Å². The fourth-order valence-electron chi connectivity index (χ4n) is 3.54. The van der Waals surface area contributed by atoms with Gasteiger partial charge in [-0.3, -0.25) is 0 Å². The molecule has 3 aromatic rings. The molecule has 0 saturated carbocycles. The van der Waals surface area contributed by atoms with Crippen LogP contribution in [0.4, 0.5) is 5.82 Å². The molecule has 136 valence electrons. The number of aliphatic hydroxyl groups is 2. The summed E-state index contributed by atoms with van der Waals surface area (Å²) in [4.78, 5) is 8.50. The fourth-order valence-corrected chi connectivity index (χ4v) is 3.54. The molecular weight excluding hydrogens is 332 g/mol. The van der Waals surface area contributed by atoms with Crippen LogP contribution in [0, 0.1) is 0 Å². The number of hydrogen-bond donors (Lipinski definition) is 3. The Bertz CT molecular complexity index is 922. The van der Waals surface area contributed by atoms with Gasteiger partial charge in [-0.25, -0.2) is 9.97 Å². The SMILES string of the molecule is CCc1ccc(-c2cn(C3O[C@H](CO)C[C@H]3O)c3ncnc(N)c23)cc1. The maximum Gasteiger partial charge on any atom is 0.161 e. The number of nitrogens with two attached hydrogens (primary N) is 1. The first-order valence-electron chi connectivity index (χ1n) is 8.77. The fraction of sp³-hybridized carbons (Fsp3) is 0.368. The summed E-state index contributed by atoms with van der Waals surface area (Å²) in [5, 5.41) is 20.5. The Kier molecular flexibility index (Phi) is 4.36. The molecule has 7 heteroatoms. The van der Waals surface area contributed by atoms with Gasteiger partial charge in [0.1, 0.15) is 23.9 Å². The topological polar surface area (TPSA) is 106 Å². The summed E-state index contributed by atoms with van der Waals surface area (Å²) < 4.78 is 7.59. The van der Waals surface area contributed by atoms with E-state index in [-0.39, 0.29) is 12.7 Å². The van der Waals surface area contributed by atoms with Gasteiger partial charge in [-0.15, -0.1) is 0 Å². The standard InChI is InChI=1S/C19H22N4O3/c1-2-11-3-5-12(6-4-11)14-8-23(18-16(14)17(20)21-10-22-18)19-15(25)7-13(9-24)26-19/h3-6,8,10,13,15,19,24-25H,2,7,9H2,1H3,(H2,20,21,22)/t13-,15+,19?/m0/s1. The van der Waals surface area contributed by atoms with Gasteiger partial charge >= 0.3 is 0 Å². The molecule has 0 amide bonds. The third-order valence-corrected chi connectivity index (χ3v) is 4.96. The number of ether oxygens (including phenoxy) is 1. The van der Waals surface area contributed by atoms with Crippen molar-refractivity contribution < 1.29 is 14.9 Å². The van der Waals surface area contributed by atoms with Crippen molar-refractivity contribution in [3.05, 3.63) is 42.4 Å². The number of nitrogens with zero attached hydrogens (tertiary/aromatic N) is 3. The van der Waals surface area contributed by atoms with E-state index in [0.29, 0.717) is 17.9 Å². The van der Waals surface area contributed by atoms with Crippen LogP contribution in [-0.4, -0.2) is 43.6 Å². The highest BCUT2D eigenvalue weighted by Crippen LogP contribution is 2.38. The Labute approximate surface area is 151 Å². The van der Waals surface area contributed by atoms with E-state index in [2.05, 4.69) is 29.0 Å². The van der Waals surface area contributed by atoms with Crippen LogP contribution in [0.25, 0.3) is 22.2 Å². The minimum atomic E-state index is -0.728. The molecule has 0 bridgehead atoms. The second-order valence-electron chi connectivity index (χ2n) is 6.59. The normalized spacial score (nSPS) is 23.0. The number of fused-ring (bicyclic) bond motifs is 1. The van der Waals surface area contributed by atoms with Crippen molar-refractivity contribution in [1.29, 1.82) is 0 Å². The predicted molar refractivity (Wildman–Crippen MR) is 98.4 cm³/mol. The molecule has 3 heterocycles. The Morgan fingerprint density at radius 1 is 1.27 bits per heavy atom. The molecule has 4 N–H and O–H groups in total. The lowest BCUT2D eigenvalue weighted by Gasteiger charge is -2.17. The van der Waals surface area contributed by atoms with E-state index in [1.807, 2.05) is 18.3 Å². The van der Waals surface area contributed by atoms with Gasteiger partial charge in [0, 0.05) is 18.2 Å². The number of benzene rings is 1. The summed E-state index contributed by atoms with van der Waals surface area (Å²) in [6.07, 6.45) is 2.91. The number of aryl methyl sites for hydroxylation is 1. The van der Waals surface area contributed by atoms with Crippen molar-refractivity contribution >= 4 is 16.9 Å². The lowest BCUT2D eigenvalue weighted by molar-refractivity contribution is -0.0483. The van der Waals surface area contributed by atoms with Gasteiger partial charge in [-0.1, -0.05) is 31.2 Å². The van der Waals surface area contributed by atoms with Gasteiger partial charge in [-0.2, -0.15) is 0 Å². The first-order valence-corrected chi connectivity index (χ1v) is 8.77. The van der Waals surface area contributed by atoms with E-state index in [1.165, 1.54) is 11.9 Å². The summed E-state index contributed by atoms with van der Waals surface area (Å²) in [5.41, 5.74) is 9.89. The summed E-state index contributed by atoms with van der Waals surface area (Å²) in [6, 6.07) is 8.27. The molecule has 7 nitrogen and oxygen atoms in total. The Morgan fingerprint density at radius 2 is 2.04 bits per heavy atom. The summed E-state index contributed by atoms with van der Waals surface area (Å²) in [6.45, 7) is 1.98. The molecule has 1 saturated heterocycles. The maximum atomic E-state index is 10.4. The van der Waals surface area contributed by atoms with Gasteiger partial charge < -0.3 is 25.3 Å². The minimum absolute atomic E-state index is 0.130. The van der Waals surface area contributed by atoms with Crippen molar-refractivity contribution in [2.45, 2.75) is 38.2 Å². The highest BCUT2D eigenvalue weighted by molar-refractivity contribution is 6.00. The first-order chi connectivity index (χ1) is 12.6. The zero-order valence-electron chi connectivity index (χ0n) is 14.5. The van der Waals surface area contributed by atoms with Crippen LogP contribution < -0.4 is 5.73 Å². The quantitative estimate of drug-likeness (QED) is 0.660. The molecule has 1 unspecified atom stereocenters. The second-order valence-corrected chi connectivity index (χ2v) is 6.59. The molecule has 26 heavy (non-hydrogen) atoms. The Morgan fingerprint density at radius 3 is 2.69 bits per heavy atom. The summed E-state index contributed by atoms with van der Waals surface area (Å²) in [7, 11) is 0. The zero-order valence-corrected chi connectivity index (χ0v) is 14.5. The third kappa shape index (κ3) is 2.74. The van der Waals surface area contributed by atoms with E-state index in [1.54, 1.807) is 4.57 Å². The summed E-state index contributed by atoms with van der Waals surface area (Å²) >= 11 is 0. The molecular formula is C19H22N4O3. The van der Waals surface area contributed by atoms with E-state index in [0.717, 1.165) is 22.9 Å². The zero-order chi connectivity index (χ0) is 18.3. The van der Waals surface area contributed by atoms with Crippen LogP contribution in [-0.2, 0) is 11.2 Å². The molecule has 0 spiro atoms. The number of hydrogen-bond acceptors (Lipinski definition) is 6. The van der Waals surface area contributed by atoms with E-state index < -0.39 is 12.3 Å². The number of aromatic nitrogens is 3. The Hall–Kier alpha value is -2.48. The Balaban J connectivity index is 1.86. The molecule has 2 aromatic heterocycles. The van der Waals surface area contributed by atoms with Crippen LogP contribution in [0.5, 0.6) is 0 Å². The van der Waals surface area contributed by atoms with Crippen molar-refractivity contribution in [1.82, 2.24) is 14.5 Å². The van der Waals surface area contributed by atoms with Crippen LogP contribution in [0.2, 0.25) is 0 Å². The number of nitrogen functional groups attached to an aromatic ring is 1. The molecule has 1 fully saturated rings. The number of anilines is 1. The van der Waals surface area contributed by atoms with E-state index >= 15 is 0 Å². The average Bonchev–Trinajstić information content (AvgIpc) is 3.23. The van der Waals surface area contributed by atoms with Gasteiger partial charge in [0.25, 0.3) is 0 Å². The molecule has 1 aliphatic heterocycles. The van der Waals surface area contributed by atoms with E-state index in [4.69, 9.17) is 10.5 Å². The molecule has 4 rings (SSSR count). The second kappa shape index (κ2) is 6.68. The molecule has 0 radical (unpaired) electrons. The lowest BCUT2D eigenvalue weighted by atomic mass is 10.0. The van der Waals surface area contributed by atoms with E-state index in [9.17, 15) is 10.2 Å². The highest BCUT2D eigenvalue weighted by atomic mass is 16.5. The smallest absolute Gasteiger partial charge is 0.161 e. The van der Waals surface area contributed by atoms with Crippen molar-refractivity contribution in [2.75, 3.05) is 12.3 Å². The first kappa shape index (κ1) is 17.0. The molecule has 1 aliphatic rings. The average molecular weight is 354 g/mol. The molecule has 0 aliphatic carbocycles. The summed E-state index contributed by atoms with van der Waals surface area (Å²) in [5.74, 6) is 0.384. The van der Waals surface area contributed by atoms with Gasteiger partial charge in [0.2, 0.25) is 0 Å². The van der Waals surface area contributed by atoms with Gasteiger partial charge in [0.15, 0.2) is 6.23 Å². The lowest BCUT2D eigenvalue weighted by Crippen LogP contribution is -2.19. The van der Waals surface area contributed by atoms with Crippen molar-refractivity contribution in [3.8, 4) is 11.1 Å².